The van der Waals surface area contributed by atoms with E-state index in [0.29, 0.717) is 17.9 Å². The van der Waals surface area contributed by atoms with Gasteiger partial charge < -0.3 is 5.32 Å². The Kier molecular flexibility index (Phi) is 3.53. The van der Waals surface area contributed by atoms with Crippen molar-refractivity contribution in [1.82, 2.24) is 10.3 Å². The van der Waals surface area contributed by atoms with Crippen molar-refractivity contribution in [2.24, 2.45) is 0 Å². The third-order valence-corrected chi connectivity index (χ3v) is 3.67. The third kappa shape index (κ3) is 2.32. The van der Waals surface area contributed by atoms with Gasteiger partial charge in [0.2, 0.25) is 0 Å². The minimum Gasteiger partial charge on any atom is -0.332 e. The first-order valence-electron chi connectivity index (χ1n) is 5.98. The standard InChI is InChI=1S/C13H14ClN3O/c1-2-9-7-16-11(6-10(9)14)12(18)17-13(8-15)4-3-5-13/h6-7H,2-5H2,1H3,(H,17,18). The van der Waals surface area contributed by atoms with E-state index in [1.807, 2.05) is 6.92 Å². The van der Waals surface area contributed by atoms with E-state index < -0.39 is 5.54 Å². The van der Waals surface area contributed by atoms with E-state index in [9.17, 15) is 4.79 Å². The van der Waals surface area contributed by atoms with Gasteiger partial charge in [-0.15, -0.1) is 0 Å². The highest BCUT2D eigenvalue weighted by Crippen LogP contribution is 2.31. The van der Waals surface area contributed by atoms with Crippen molar-refractivity contribution in [3.63, 3.8) is 0 Å². The number of aryl methyl sites for hydroxylation is 1. The number of nitriles is 1. The summed E-state index contributed by atoms with van der Waals surface area (Å²) in [5.74, 6) is -0.333. The number of rotatable bonds is 3. The van der Waals surface area contributed by atoms with Crippen LogP contribution in [-0.4, -0.2) is 16.4 Å². The van der Waals surface area contributed by atoms with Crippen molar-refractivity contribution >= 4 is 17.5 Å². The maximum atomic E-state index is 12.0. The van der Waals surface area contributed by atoms with Gasteiger partial charge in [0.1, 0.15) is 11.2 Å². The van der Waals surface area contributed by atoms with E-state index >= 15 is 0 Å². The van der Waals surface area contributed by atoms with E-state index in [1.165, 1.54) is 0 Å². The number of hydrogen-bond acceptors (Lipinski definition) is 3. The summed E-state index contributed by atoms with van der Waals surface area (Å²) in [7, 11) is 0. The van der Waals surface area contributed by atoms with Gasteiger partial charge in [-0.2, -0.15) is 5.26 Å². The van der Waals surface area contributed by atoms with Crippen LogP contribution in [0.1, 0.15) is 42.2 Å². The Bertz CT molecular complexity index is 517. The molecular weight excluding hydrogens is 250 g/mol. The fraction of sp³-hybridized carbons (Fsp3) is 0.462. The Labute approximate surface area is 111 Å². The number of pyridine rings is 1. The van der Waals surface area contributed by atoms with Crippen LogP contribution in [-0.2, 0) is 6.42 Å². The summed E-state index contributed by atoms with van der Waals surface area (Å²) in [4.78, 5) is 16.1. The lowest BCUT2D eigenvalue weighted by Gasteiger charge is -2.35. The van der Waals surface area contributed by atoms with Crippen LogP contribution in [0.25, 0.3) is 0 Å². The van der Waals surface area contributed by atoms with Crippen LogP contribution in [0.5, 0.6) is 0 Å². The quantitative estimate of drug-likeness (QED) is 0.911. The molecule has 1 aliphatic rings. The average molecular weight is 264 g/mol. The summed E-state index contributed by atoms with van der Waals surface area (Å²) in [5.41, 5.74) is 0.472. The smallest absolute Gasteiger partial charge is 0.271 e. The minimum atomic E-state index is -0.700. The number of halogens is 1. The molecule has 1 N–H and O–H groups in total. The van der Waals surface area contributed by atoms with Gasteiger partial charge in [-0.25, -0.2) is 0 Å². The molecule has 94 valence electrons. The lowest BCUT2D eigenvalue weighted by molar-refractivity contribution is 0.0876. The number of amides is 1. The Balaban J connectivity index is 2.15. The molecule has 1 fully saturated rings. The van der Waals surface area contributed by atoms with E-state index in [0.717, 1.165) is 18.4 Å². The monoisotopic (exact) mass is 263 g/mol. The number of aromatic nitrogens is 1. The molecule has 0 radical (unpaired) electrons. The molecule has 0 aliphatic heterocycles. The molecule has 18 heavy (non-hydrogen) atoms. The molecule has 0 atom stereocenters. The van der Waals surface area contributed by atoms with Crippen LogP contribution < -0.4 is 5.32 Å². The molecule has 0 aromatic carbocycles. The number of nitrogens with zero attached hydrogens (tertiary/aromatic N) is 2. The maximum absolute atomic E-state index is 12.0. The summed E-state index contributed by atoms with van der Waals surface area (Å²) in [5, 5.41) is 12.3. The highest BCUT2D eigenvalue weighted by molar-refractivity contribution is 6.31. The molecule has 1 amide bonds. The van der Waals surface area contributed by atoms with Crippen molar-refractivity contribution in [2.45, 2.75) is 38.1 Å². The average Bonchev–Trinajstić information content (AvgIpc) is 2.33. The first-order valence-corrected chi connectivity index (χ1v) is 6.36. The summed E-state index contributed by atoms with van der Waals surface area (Å²) < 4.78 is 0. The molecule has 5 heteroatoms. The van der Waals surface area contributed by atoms with Crippen molar-refractivity contribution in [1.29, 1.82) is 5.26 Å². The zero-order chi connectivity index (χ0) is 13.2. The fourth-order valence-corrected chi connectivity index (χ4v) is 2.21. The van der Waals surface area contributed by atoms with E-state index in [-0.39, 0.29) is 11.6 Å². The fourth-order valence-electron chi connectivity index (χ4n) is 1.92. The van der Waals surface area contributed by atoms with Gasteiger partial charge in [0, 0.05) is 11.2 Å². The molecule has 1 aromatic heterocycles. The highest BCUT2D eigenvalue weighted by Gasteiger charge is 2.39. The molecule has 0 bridgehead atoms. The second-order valence-electron chi connectivity index (χ2n) is 4.52. The van der Waals surface area contributed by atoms with Gasteiger partial charge in [0.05, 0.1) is 6.07 Å². The van der Waals surface area contributed by atoms with Crippen LogP contribution in [0.2, 0.25) is 5.02 Å². The van der Waals surface area contributed by atoms with Crippen molar-refractivity contribution in [2.75, 3.05) is 0 Å². The second-order valence-corrected chi connectivity index (χ2v) is 4.92. The molecule has 0 spiro atoms. The van der Waals surface area contributed by atoms with Crippen LogP contribution in [0.15, 0.2) is 12.3 Å². The normalized spacial score (nSPS) is 16.5. The van der Waals surface area contributed by atoms with Gasteiger partial charge in [-0.05, 0) is 37.3 Å². The van der Waals surface area contributed by atoms with Crippen LogP contribution in [0.3, 0.4) is 0 Å². The number of hydrogen-bond donors (Lipinski definition) is 1. The molecule has 1 saturated carbocycles. The second kappa shape index (κ2) is 4.95. The summed E-state index contributed by atoms with van der Waals surface area (Å²) in [6, 6.07) is 3.72. The lowest BCUT2D eigenvalue weighted by atomic mass is 9.78. The molecular formula is C13H14ClN3O. The van der Waals surface area contributed by atoms with Crippen LogP contribution in [0, 0.1) is 11.3 Å². The van der Waals surface area contributed by atoms with E-state index in [1.54, 1.807) is 12.3 Å². The third-order valence-electron chi connectivity index (χ3n) is 3.32. The van der Waals surface area contributed by atoms with Gasteiger partial charge in [-0.1, -0.05) is 18.5 Å². The molecule has 2 rings (SSSR count). The highest BCUT2D eigenvalue weighted by atomic mass is 35.5. The largest absolute Gasteiger partial charge is 0.332 e. The Morgan fingerprint density at radius 3 is 2.83 bits per heavy atom. The number of nitrogens with one attached hydrogen (secondary N) is 1. The molecule has 1 aromatic rings. The Morgan fingerprint density at radius 1 is 1.67 bits per heavy atom. The van der Waals surface area contributed by atoms with Crippen molar-refractivity contribution in [3.05, 3.63) is 28.5 Å². The van der Waals surface area contributed by atoms with Crippen molar-refractivity contribution in [3.8, 4) is 6.07 Å². The number of carbonyl (C=O) groups excluding carboxylic acids is 1. The number of carbonyl (C=O) groups is 1. The molecule has 0 saturated heterocycles. The summed E-state index contributed by atoms with van der Waals surface area (Å²) in [6.07, 6.45) is 4.76. The van der Waals surface area contributed by atoms with E-state index in [4.69, 9.17) is 16.9 Å². The van der Waals surface area contributed by atoms with Crippen LogP contribution >= 0.6 is 11.6 Å². The lowest BCUT2D eigenvalue weighted by Crippen LogP contribution is -2.52. The zero-order valence-electron chi connectivity index (χ0n) is 10.2. The SMILES string of the molecule is CCc1cnc(C(=O)NC2(C#N)CCC2)cc1Cl. The first kappa shape index (κ1) is 12.8. The van der Waals surface area contributed by atoms with Gasteiger partial charge >= 0.3 is 0 Å². The van der Waals surface area contributed by atoms with E-state index in [2.05, 4.69) is 16.4 Å². The van der Waals surface area contributed by atoms with Gasteiger partial charge in [-0.3, -0.25) is 9.78 Å². The molecule has 1 aliphatic carbocycles. The topological polar surface area (TPSA) is 65.8 Å². The molecule has 0 unspecified atom stereocenters. The predicted octanol–water partition coefficient (Wildman–Crippen LogP) is 2.47. The van der Waals surface area contributed by atoms with Gasteiger partial charge in [0.15, 0.2) is 0 Å². The first-order chi connectivity index (χ1) is 8.60. The van der Waals surface area contributed by atoms with Gasteiger partial charge in [0.25, 0.3) is 5.91 Å². The summed E-state index contributed by atoms with van der Waals surface area (Å²) >= 11 is 6.04. The van der Waals surface area contributed by atoms with Crippen LogP contribution in [0.4, 0.5) is 0 Å². The zero-order valence-corrected chi connectivity index (χ0v) is 10.9. The summed E-state index contributed by atoms with van der Waals surface area (Å²) in [6.45, 7) is 1.97. The minimum absolute atomic E-state index is 0.263. The Morgan fingerprint density at radius 2 is 2.39 bits per heavy atom. The predicted molar refractivity (Wildman–Crippen MR) is 68.3 cm³/mol. The maximum Gasteiger partial charge on any atom is 0.271 e. The van der Waals surface area contributed by atoms with Crippen molar-refractivity contribution < 1.29 is 4.79 Å². The molecule has 1 heterocycles. The molecule has 4 nitrogen and oxygen atoms in total. The Hall–Kier alpha value is -1.60.